The number of nitriles is 1. The van der Waals surface area contributed by atoms with Crippen molar-refractivity contribution in [1.82, 2.24) is 10.1 Å². The largest absolute Gasteiger partial charge is 0.338 e. The molecule has 82 valence electrons. The van der Waals surface area contributed by atoms with Gasteiger partial charge in [0.25, 0.3) is 0 Å². The molecule has 4 nitrogen and oxygen atoms in total. The Morgan fingerprint density at radius 1 is 1.47 bits per heavy atom. The molecule has 0 atom stereocenters. The van der Waals surface area contributed by atoms with Crippen molar-refractivity contribution < 1.29 is 4.52 Å². The Labute approximate surface area is 97.8 Å². The van der Waals surface area contributed by atoms with Crippen LogP contribution in [0, 0.1) is 11.3 Å². The predicted octanol–water partition coefficient (Wildman–Crippen LogP) is 2.47. The van der Waals surface area contributed by atoms with E-state index < -0.39 is 0 Å². The zero-order valence-electron chi connectivity index (χ0n) is 8.77. The van der Waals surface area contributed by atoms with Gasteiger partial charge in [-0.1, -0.05) is 19.0 Å². The molecule has 0 amide bonds. The van der Waals surface area contributed by atoms with Gasteiger partial charge in [-0.3, -0.25) is 0 Å². The lowest BCUT2D eigenvalue weighted by molar-refractivity contribution is 0.386. The van der Waals surface area contributed by atoms with Crippen molar-refractivity contribution in [2.45, 2.75) is 30.6 Å². The Hall–Kier alpha value is -0.670. The number of nitrogens with zero attached hydrogens (tertiary/aromatic N) is 3. The summed E-state index contributed by atoms with van der Waals surface area (Å²) in [5, 5.41) is 12.8. The van der Waals surface area contributed by atoms with Crippen LogP contribution in [0.3, 0.4) is 0 Å². The highest BCUT2D eigenvalue weighted by Gasteiger charge is 2.06. The summed E-state index contributed by atoms with van der Waals surface area (Å²) in [5.74, 6) is 3.20. The van der Waals surface area contributed by atoms with E-state index in [0.717, 1.165) is 11.6 Å². The minimum Gasteiger partial charge on any atom is -0.338 e. The Morgan fingerprint density at radius 2 is 2.27 bits per heavy atom. The molecule has 0 N–H and O–H groups in total. The van der Waals surface area contributed by atoms with Crippen LogP contribution < -0.4 is 0 Å². The molecule has 0 aromatic carbocycles. The zero-order valence-corrected chi connectivity index (χ0v) is 10.4. The molecule has 0 saturated carbocycles. The van der Waals surface area contributed by atoms with Gasteiger partial charge in [-0.15, -0.1) is 11.8 Å². The normalized spacial score (nSPS) is 10.5. The molecule has 0 radical (unpaired) electrons. The summed E-state index contributed by atoms with van der Waals surface area (Å²) in [7, 11) is 0. The van der Waals surface area contributed by atoms with Crippen LogP contribution >= 0.6 is 23.5 Å². The molecule has 1 rings (SSSR count). The number of rotatable bonds is 6. The van der Waals surface area contributed by atoms with Crippen molar-refractivity contribution in [3.05, 3.63) is 11.7 Å². The second-order valence-electron chi connectivity index (χ2n) is 3.12. The molecule has 6 heteroatoms. The number of hydrogen-bond donors (Lipinski definition) is 0. The first-order chi connectivity index (χ1) is 7.22. The predicted molar refractivity (Wildman–Crippen MR) is 62.5 cm³/mol. The van der Waals surface area contributed by atoms with Gasteiger partial charge in [-0.05, 0) is 5.25 Å². The van der Waals surface area contributed by atoms with Gasteiger partial charge in [0, 0.05) is 0 Å². The quantitative estimate of drug-likeness (QED) is 0.715. The van der Waals surface area contributed by atoms with E-state index >= 15 is 0 Å². The third-order valence-electron chi connectivity index (χ3n) is 1.45. The van der Waals surface area contributed by atoms with Crippen LogP contribution in [0.15, 0.2) is 4.52 Å². The van der Waals surface area contributed by atoms with Gasteiger partial charge >= 0.3 is 0 Å². The summed E-state index contributed by atoms with van der Waals surface area (Å²) in [4.78, 5) is 4.23. The van der Waals surface area contributed by atoms with Gasteiger partial charge in [0.2, 0.25) is 5.89 Å². The van der Waals surface area contributed by atoms with Gasteiger partial charge in [0.1, 0.15) is 0 Å². The van der Waals surface area contributed by atoms with Gasteiger partial charge in [0.15, 0.2) is 5.82 Å². The van der Waals surface area contributed by atoms with Crippen molar-refractivity contribution in [1.29, 1.82) is 5.26 Å². The van der Waals surface area contributed by atoms with Gasteiger partial charge < -0.3 is 4.52 Å². The molecule has 0 fully saturated rings. The molecule has 0 unspecified atom stereocenters. The molecule has 0 bridgehead atoms. The summed E-state index contributed by atoms with van der Waals surface area (Å²) in [5.41, 5.74) is 0. The molecule has 0 saturated heterocycles. The molecule has 1 aromatic heterocycles. The first kappa shape index (κ1) is 12.4. The highest BCUT2D eigenvalue weighted by molar-refractivity contribution is 7.99. The average Bonchev–Trinajstić information content (AvgIpc) is 2.63. The van der Waals surface area contributed by atoms with Crippen LogP contribution in [-0.4, -0.2) is 21.1 Å². The lowest BCUT2D eigenvalue weighted by atomic mass is 10.6. The van der Waals surface area contributed by atoms with Crippen LogP contribution in [0.1, 0.15) is 25.6 Å². The van der Waals surface area contributed by atoms with Crippen molar-refractivity contribution in [3.63, 3.8) is 0 Å². The van der Waals surface area contributed by atoms with E-state index in [4.69, 9.17) is 9.78 Å². The Kier molecular flexibility index (Phi) is 5.58. The minimum absolute atomic E-state index is 0.457. The highest BCUT2D eigenvalue weighted by atomic mass is 32.2. The Bertz CT molecular complexity index is 332. The van der Waals surface area contributed by atoms with Gasteiger partial charge in [-0.25, -0.2) is 0 Å². The van der Waals surface area contributed by atoms with Crippen LogP contribution in [-0.2, 0) is 11.5 Å². The third kappa shape index (κ3) is 5.09. The van der Waals surface area contributed by atoms with E-state index in [1.165, 1.54) is 11.8 Å². The highest BCUT2D eigenvalue weighted by Crippen LogP contribution is 2.16. The molecule has 1 heterocycles. The minimum atomic E-state index is 0.457. The maximum Gasteiger partial charge on any atom is 0.236 e. The summed E-state index contributed by atoms with van der Waals surface area (Å²) in [6.07, 6.45) is 0. The lowest BCUT2D eigenvalue weighted by Gasteiger charge is -1.98. The SMILES string of the molecule is CC(C)SCc1noc(CSCC#N)n1. The summed E-state index contributed by atoms with van der Waals surface area (Å²) in [6, 6.07) is 2.05. The third-order valence-corrected chi connectivity index (χ3v) is 3.32. The fraction of sp³-hybridized carbons (Fsp3) is 0.667. The average molecular weight is 243 g/mol. The fourth-order valence-electron chi connectivity index (χ4n) is 0.833. The van der Waals surface area contributed by atoms with Crippen LogP contribution in [0.4, 0.5) is 0 Å². The second kappa shape index (κ2) is 6.75. The molecular formula is C9H13N3OS2. The molecule has 0 aliphatic rings. The molecule has 1 aromatic rings. The standard InChI is InChI=1S/C9H13N3OS2/c1-7(2)15-5-8-11-9(13-12-8)6-14-4-3-10/h7H,4-6H2,1-2H3. The Balaban J connectivity index is 2.32. The smallest absolute Gasteiger partial charge is 0.236 e. The number of hydrogen-bond acceptors (Lipinski definition) is 6. The van der Waals surface area contributed by atoms with Crippen LogP contribution in [0.2, 0.25) is 0 Å². The number of aromatic nitrogens is 2. The van der Waals surface area contributed by atoms with E-state index in [-0.39, 0.29) is 0 Å². The fourth-order valence-corrected chi connectivity index (χ4v) is 1.92. The van der Waals surface area contributed by atoms with Crippen LogP contribution in [0.25, 0.3) is 0 Å². The van der Waals surface area contributed by atoms with E-state index in [9.17, 15) is 0 Å². The first-order valence-electron chi connectivity index (χ1n) is 4.60. The van der Waals surface area contributed by atoms with E-state index in [1.54, 1.807) is 11.8 Å². The lowest BCUT2D eigenvalue weighted by Crippen LogP contribution is -1.91. The van der Waals surface area contributed by atoms with E-state index in [1.807, 2.05) is 0 Å². The zero-order chi connectivity index (χ0) is 11.1. The first-order valence-corrected chi connectivity index (χ1v) is 6.80. The van der Waals surface area contributed by atoms with E-state index in [2.05, 4.69) is 30.1 Å². The number of thioether (sulfide) groups is 2. The maximum atomic E-state index is 8.35. The molecule has 0 spiro atoms. The van der Waals surface area contributed by atoms with Gasteiger partial charge in [-0.2, -0.15) is 22.0 Å². The van der Waals surface area contributed by atoms with Crippen molar-refractivity contribution in [3.8, 4) is 6.07 Å². The monoisotopic (exact) mass is 243 g/mol. The van der Waals surface area contributed by atoms with Crippen molar-refractivity contribution >= 4 is 23.5 Å². The summed E-state index contributed by atoms with van der Waals surface area (Å²) in [6.45, 7) is 4.27. The molecule has 15 heavy (non-hydrogen) atoms. The van der Waals surface area contributed by atoms with Crippen LogP contribution in [0.5, 0.6) is 0 Å². The maximum absolute atomic E-state index is 8.35. The summed E-state index contributed by atoms with van der Waals surface area (Å²) >= 11 is 3.26. The van der Waals surface area contributed by atoms with Crippen molar-refractivity contribution in [2.75, 3.05) is 5.75 Å². The Morgan fingerprint density at radius 3 is 2.93 bits per heavy atom. The molecular weight excluding hydrogens is 230 g/mol. The van der Waals surface area contributed by atoms with Gasteiger partial charge in [0.05, 0.1) is 23.3 Å². The topological polar surface area (TPSA) is 62.7 Å². The van der Waals surface area contributed by atoms with E-state index in [0.29, 0.717) is 22.6 Å². The second-order valence-corrected chi connectivity index (χ2v) is 5.67. The summed E-state index contributed by atoms with van der Waals surface area (Å²) < 4.78 is 5.04. The molecule has 0 aliphatic carbocycles. The molecule has 0 aliphatic heterocycles. The van der Waals surface area contributed by atoms with Crippen molar-refractivity contribution in [2.24, 2.45) is 0 Å².